The second-order valence-electron chi connectivity index (χ2n) is 3.52. The van der Waals surface area contributed by atoms with Crippen molar-refractivity contribution in [2.45, 2.75) is 0 Å². The summed E-state index contributed by atoms with van der Waals surface area (Å²) in [5, 5.41) is 11.8. The first-order valence-electron chi connectivity index (χ1n) is 5.02. The van der Waals surface area contributed by atoms with Gasteiger partial charge in [0.25, 0.3) is 0 Å². The summed E-state index contributed by atoms with van der Waals surface area (Å²) < 4.78 is 13.3. The van der Waals surface area contributed by atoms with Gasteiger partial charge in [-0.15, -0.1) is 0 Å². The van der Waals surface area contributed by atoms with Crippen LogP contribution in [0.3, 0.4) is 0 Å². The maximum Gasteiger partial charge on any atom is 0.143 e. The third kappa shape index (κ3) is 2.34. The van der Waals surface area contributed by atoms with Crippen LogP contribution in [0.25, 0.3) is 0 Å². The zero-order chi connectivity index (χ0) is 12.3. The fourth-order valence-corrected chi connectivity index (χ4v) is 1.46. The molecule has 0 bridgehead atoms. The lowest BCUT2D eigenvalue weighted by Crippen LogP contribution is -1.96. The summed E-state index contributed by atoms with van der Waals surface area (Å²) in [5.74, 6) is -0.534. The number of halogens is 1. The minimum Gasteiger partial charge on any atom is -0.399 e. The molecule has 3 N–H and O–H groups in total. The fourth-order valence-electron chi connectivity index (χ4n) is 1.46. The van der Waals surface area contributed by atoms with Gasteiger partial charge in [-0.25, -0.2) is 4.39 Å². The van der Waals surface area contributed by atoms with E-state index in [-0.39, 0.29) is 5.56 Å². The van der Waals surface area contributed by atoms with Crippen LogP contribution >= 0.6 is 0 Å². The predicted molar refractivity (Wildman–Crippen MR) is 65.3 cm³/mol. The van der Waals surface area contributed by atoms with Crippen LogP contribution in [-0.2, 0) is 0 Å². The molecule has 4 heteroatoms. The highest BCUT2D eigenvalue weighted by atomic mass is 19.1. The molecule has 0 aromatic heterocycles. The average molecular weight is 227 g/mol. The summed E-state index contributed by atoms with van der Waals surface area (Å²) >= 11 is 0. The van der Waals surface area contributed by atoms with Crippen molar-refractivity contribution in [1.82, 2.24) is 0 Å². The Morgan fingerprint density at radius 3 is 2.47 bits per heavy atom. The standard InChI is InChI=1S/C13H10FN3/c14-12-2-1-3-13(11(12)8-15)17-10-6-4-9(16)5-7-10/h1-7,17H,16H2. The van der Waals surface area contributed by atoms with Crippen molar-refractivity contribution in [2.75, 3.05) is 11.1 Å². The Bertz CT molecular complexity index is 570. The topological polar surface area (TPSA) is 61.8 Å². The molecule has 0 saturated heterocycles. The predicted octanol–water partition coefficient (Wildman–Crippen LogP) is 3.02. The van der Waals surface area contributed by atoms with Crippen LogP contribution in [0.2, 0.25) is 0 Å². The first-order valence-corrected chi connectivity index (χ1v) is 5.02. The van der Waals surface area contributed by atoms with Crippen molar-refractivity contribution >= 4 is 17.1 Å². The van der Waals surface area contributed by atoms with E-state index in [1.807, 2.05) is 6.07 Å². The highest BCUT2D eigenvalue weighted by Gasteiger charge is 2.07. The molecule has 0 radical (unpaired) electrons. The van der Waals surface area contributed by atoms with Crippen molar-refractivity contribution in [3.8, 4) is 6.07 Å². The van der Waals surface area contributed by atoms with E-state index >= 15 is 0 Å². The Morgan fingerprint density at radius 1 is 1.12 bits per heavy atom. The highest BCUT2D eigenvalue weighted by molar-refractivity contribution is 5.67. The van der Waals surface area contributed by atoms with Gasteiger partial charge >= 0.3 is 0 Å². The molecular formula is C13H10FN3. The van der Waals surface area contributed by atoms with E-state index < -0.39 is 5.82 Å². The zero-order valence-electron chi connectivity index (χ0n) is 8.94. The van der Waals surface area contributed by atoms with Gasteiger partial charge < -0.3 is 11.1 Å². The van der Waals surface area contributed by atoms with E-state index in [0.717, 1.165) is 5.69 Å². The minimum atomic E-state index is -0.534. The number of nitrogens with two attached hydrogens (primary N) is 1. The molecule has 3 nitrogen and oxygen atoms in total. The Hall–Kier alpha value is -2.54. The Balaban J connectivity index is 2.34. The maximum absolute atomic E-state index is 13.3. The van der Waals surface area contributed by atoms with Crippen LogP contribution < -0.4 is 11.1 Å². The molecule has 0 aliphatic heterocycles. The Kier molecular flexibility index (Phi) is 2.93. The molecule has 0 unspecified atom stereocenters. The summed E-state index contributed by atoms with van der Waals surface area (Å²) in [7, 11) is 0. The third-order valence-corrected chi connectivity index (χ3v) is 2.32. The number of nitrogens with zero attached hydrogens (tertiary/aromatic N) is 1. The van der Waals surface area contributed by atoms with Gasteiger partial charge in [0, 0.05) is 11.4 Å². The van der Waals surface area contributed by atoms with E-state index in [2.05, 4.69) is 5.32 Å². The van der Waals surface area contributed by atoms with Crippen LogP contribution in [0.4, 0.5) is 21.5 Å². The van der Waals surface area contributed by atoms with Crippen molar-refractivity contribution in [2.24, 2.45) is 0 Å². The Labute approximate surface area is 98.3 Å². The monoisotopic (exact) mass is 227 g/mol. The summed E-state index contributed by atoms with van der Waals surface area (Å²) in [6.45, 7) is 0. The van der Waals surface area contributed by atoms with Gasteiger partial charge in [-0.1, -0.05) is 6.07 Å². The molecule has 84 valence electrons. The smallest absolute Gasteiger partial charge is 0.143 e. The zero-order valence-corrected chi connectivity index (χ0v) is 8.94. The largest absolute Gasteiger partial charge is 0.399 e. The number of hydrogen-bond acceptors (Lipinski definition) is 3. The van der Waals surface area contributed by atoms with Gasteiger partial charge in [0.2, 0.25) is 0 Å². The van der Waals surface area contributed by atoms with Crippen LogP contribution in [0, 0.1) is 17.1 Å². The first kappa shape index (κ1) is 11.0. The molecule has 0 saturated carbocycles. The van der Waals surface area contributed by atoms with Crippen LogP contribution in [0.1, 0.15) is 5.56 Å². The molecule has 0 aliphatic rings. The first-order chi connectivity index (χ1) is 8.20. The van der Waals surface area contributed by atoms with Crippen molar-refractivity contribution in [3.05, 3.63) is 53.8 Å². The molecule has 0 atom stereocenters. The number of hydrogen-bond donors (Lipinski definition) is 2. The molecule has 0 amide bonds. The SMILES string of the molecule is N#Cc1c(F)cccc1Nc1ccc(N)cc1. The van der Waals surface area contributed by atoms with E-state index in [4.69, 9.17) is 11.0 Å². The third-order valence-electron chi connectivity index (χ3n) is 2.32. The summed E-state index contributed by atoms with van der Waals surface area (Å²) in [6, 6.07) is 13.3. The number of nitrogens with one attached hydrogen (secondary N) is 1. The van der Waals surface area contributed by atoms with E-state index in [1.54, 1.807) is 36.4 Å². The van der Waals surface area contributed by atoms with E-state index in [9.17, 15) is 4.39 Å². The highest BCUT2D eigenvalue weighted by Crippen LogP contribution is 2.22. The lowest BCUT2D eigenvalue weighted by Gasteiger charge is -2.08. The summed E-state index contributed by atoms with van der Waals surface area (Å²) in [5.41, 5.74) is 7.41. The lowest BCUT2D eigenvalue weighted by molar-refractivity contribution is 0.624. The number of nitriles is 1. The van der Waals surface area contributed by atoms with Crippen LogP contribution in [0.15, 0.2) is 42.5 Å². The number of benzene rings is 2. The maximum atomic E-state index is 13.3. The normalized spacial score (nSPS) is 9.65. The number of anilines is 3. The molecule has 0 fully saturated rings. The van der Waals surface area contributed by atoms with Crippen molar-refractivity contribution in [1.29, 1.82) is 5.26 Å². The molecule has 2 aromatic rings. The molecule has 2 aromatic carbocycles. The second kappa shape index (κ2) is 4.54. The van der Waals surface area contributed by atoms with Crippen molar-refractivity contribution < 1.29 is 4.39 Å². The van der Waals surface area contributed by atoms with Gasteiger partial charge in [-0.3, -0.25) is 0 Å². The number of nitrogen functional groups attached to an aromatic ring is 1. The van der Waals surface area contributed by atoms with Gasteiger partial charge in [-0.2, -0.15) is 5.26 Å². The average Bonchev–Trinajstić information content (AvgIpc) is 2.32. The molecular weight excluding hydrogens is 217 g/mol. The lowest BCUT2D eigenvalue weighted by atomic mass is 10.1. The number of rotatable bonds is 2. The van der Waals surface area contributed by atoms with Crippen LogP contribution in [0.5, 0.6) is 0 Å². The Morgan fingerprint density at radius 2 is 1.82 bits per heavy atom. The summed E-state index contributed by atoms with van der Waals surface area (Å²) in [6.07, 6.45) is 0. The molecule has 17 heavy (non-hydrogen) atoms. The molecule has 2 rings (SSSR count). The van der Waals surface area contributed by atoms with Crippen molar-refractivity contribution in [3.63, 3.8) is 0 Å². The second-order valence-corrected chi connectivity index (χ2v) is 3.52. The minimum absolute atomic E-state index is 0.00400. The molecule has 0 heterocycles. The van der Waals surface area contributed by atoms with Gasteiger partial charge in [-0.05, 0) is 36.4 Å². The van der Waals surface area contributed by atoms with Gasteiger partial charge in [0.05, 0.1) is 5.69 Å². The van der Waals surface area contributed by atoms with E-state index in [1.165, 1.54) is 6.07 Å². The summed E-state index contributed by atoms with van der Waals surface area (Å²) in [4.78, 5) is 0. The fraction of sp³-hybridized carbons (Fsp3) is 0. The molecule has 0 aliphatic carbocycles. The van der Waals surface area contributed by atoms with Gasteiger partial charge in [0.1, 0.15) is 17.4 Å². The molecule has 0 spiro atoms. The van der Waals surface area contributed by atoms with E-state index in [0.29, 0.717) is 11.4 Å². The van der Waals surface area contributed by atoms with Crippen LogP contribution in [-0.4, -0.2) is 0 Å². The quantitative estimate of drug-likeness (QED) is 0.775. The van der Waals surface area contributed by atoms with Gasteiger partial charge in [0.15, 0.2) is 0 Å².